The number of rotatable bonds is 10. The summed E-state index contributed by atoms with van der Waals surface area (Å²) in [6, 6.07) is 13.8. The van der Waals surface area contributed by atoms with Gasteiger partial charge >= 0.3 is 0 Å². The molecule has 2 heterocycles. The van der Waals surface area contributed by atoms with Crippen LogP contribution in [0.1, 0.15) is 36.3 Å². The lowest BCUT2D eigenvalue weighted by atomic mass is 10.2. The van der Waals surface area contributed by atoms with Crippen LogP contribution in [-0.4, -0.2) is 52.6 Å². The zero-order chi connectivity index (χ0) is 21.3. The summed E-state index contributed by atoms with van der Waals surface area (Å²) < 4.78 is 6.69. The van der Waals surface area contributed by atoms with Crippen molar-refractivity contribution in [2.24, 2.45) is 0 Å². The average Bonchev–Trinajstić information content (AvgIpc) is 3.24. The molecule has 0 aliphatic carbocycles. The number of aromatic nitrogens is 4. The molecule has 8 nitrogen and oxygen atoms in total. The predicted molar refractivity (Wildman–Crippen MR) is 116 cm³/mol. The lowest BCUT2D eigenvalue weighted by molar-refractivity contribution is 0.0952. The number of nitrogens with one attached hydrogen (secondary N) is 1. The second-order valence-corrected chi connectivity index (χ2v) is 6.73. The molecule has 0 atom stereocenters. The highest BCUT2D eigenvalue weighted by molar-refractivity contribution is 5.95. The normalized spacial score (nSPS) is 10.6. The third kappa shape index (κ3) is 4.94. The van der Waals surface area contributed by atoms with E-state index in [0.29, 0.717) is 30.2 Å². The van der Waals surface area contributed by atoms with Crippen molar-refractivity contribution in [2.45, 2.75) is 26.7 Å². The molecule has 3 aromatic rings. The van der Waals surface area contributed by atoms with Crippen LogP contribution in [0.4, 0.5) is 5.69 Å². The highest BCUT2D eigenvalue weighted by atomic mass is 16.5. The summed E-state index contributed by atoms with van der Waals surface area (Å²) in [7, 11) is 1.54. The van der Waals surface area contributed by atoms with Crippen molar-refractivity contribution < 1.29 is 9.53 Å². The van der Waals surface area contributed by atoms with Crippen molar-refractivity contribution >= 4 is 11.6 Å². The molecule has 3 rings (SSSR count). The number of carbonyl (C=O) groups excluding carboxylic acids is 1. The molecule has 0 bridgehead atoms. The van der Waals surface area contributed by atoms with Crippen molar-refractivity contribution in [3.8, 4) is 11.7 Å². The molecular weight excluding hydrogens is 380 g/mol. The van der Waals surface area contributed by atoms with Crippen LogP contribution >= 0.6 is 0 Å². The molecule has 1 N–H and O–H groups in total. The molecule has 0 fully saturated rings. The van der Waals surface area contributed by atoms with Gasteiger partial charge in [-0.2, -0.15) is 5.10 Å². The van der Waals surface area contributed by atoms with Crippen molar-refractivity contribution in [3.05, 3.63) is 59.9 Å². The fourth-order valence-corrected chi connectivity index (χ4v) is 3.31. The van der Waals surface area contributed by atoms with Gasteiger partial charge in [0.1, 0.15) is 0 Å². The number of ether oxygens (including phenoxy) is 1. The molecular formula is C22H28N6O2. The van der Waals surface area contributed by atoms with Crippen molar-refractivity contribution in [1.82, 2.24) is 25.3 Å². The van der Waals surface area contributed by atoms with Crippen LogP contribution in [0.5, 0.6) is 5.88 Å². The quantitative estimate of drug-likeness (QED) is 0.519. The topological polar surface area (TPSA) is 85.2 Å². The van der Waals surface area contributed by atoms with E-state index in [1.807, 2.05) is 25.1 Å². The molecule has 0 unspecified atom stereocenters. The summed E-state index contributed by atoms with van der Waals surface area (Å²) >= 11 is 0. The van der Waals surface area contributed by atoms with E-state index < -0.39 is 0 Å². The maximum atomic E-state index is 12.7. The van der Waals surface area contributed by atoms with Crippen LogP contribution in [0.2, 0.25) is 0 Å². The van der Waals surface area contributed by atoms with Gasteiger partial charge in [-0.05, 0) is 38.0 Å². The summed E-state index contributed by atoms with van der Waals surface area (Å²) in [5, 5.41) is 15.5. The first-order valence-electron chi connectivity index (χ1n) is 10.2. The molecule has 0 saturated heterocycles. The summed E-state index contributed by atoms with van der Waals surface area (Å²) in [5.74, 6) is 0.856. The highest BCUT2D eigenvalue weighted by Crippen LogP contribution is 2.16. The monoisotopic (exact) mass is 408 g/mol. The number of para-hydroxylation sites is 1. The Kier molecular flexibility index (Phi) is 7.37. The Morgan fingerprint density at radius 1 is 1.13 bits per heavy atom. The zero-order valence-corrected chi connectivity index (χ0v) is 17.7. The SMILES string of the molecule is CCc1c(C(=O)NCCCN(CC)c2ccccc2)cnn1-c1ccc(OC)nn1. The fourth-order valence-electron chi connectivity index (χ4n) is 3.31. The van der Waals surface area contributed by atoms with Crippen molar-refractivity contribution in [1.29, 1.82) is 0 Å². The minimum absolute atomic E-state index is 0.123. The van der Waals surface area contributed by atoms with Crippen LogP contribution in [-0.2, 0) is 6.42 Å². The number of nitrogens with zero attached hydrogens (tertiary/aromatic N) is 5. The van der Waals surface area contributed by atoms with Gasteiger partial charge in [0.05, 0.1) is 24.6 Å². The molecule has 0 aliphatic heterocycles. The van der Waals surface area contributed by atoms with Gasteiger partial charge in [-0.1, -0.05) is 25.1 Å². The van der Waals surface area contributed by atoms with Crippen LogP contribution < -0.4 is 15.0 Å². The summed E-state index contributed by atoms with van der Waals surface area (Å²) in [4.78, 5) is 15.0. The van der Waals surface area contributed by atoms with Gasteiger partial charge in [0.15, 0.2) is 5.82 Å². The molecule has 30 heavy (non-hydrogen) atoms. The standard InChI is InChI=1S/C22H28N6O2/c1-4-19-18(16-24-28(19)20-12-13-21(30-3)26-25-20)22(29)23-14-9-15-27(5-2)17-10-7-6-8-11-17/h6-8,10-13,16H,4-5,9,14-15H2,1-3H3,(H,23,29). The maximum Gasteiger partial charge on any atom is 0.254 e. The Morgan fingerprint density at radius 3 is 2.57 bits per heavy atom. The molecule has 0 aliphatic rings. The van der Waals surface area contributed by atoms with Gasteiger partial charge < -0.3 is 15.0 Å². The molecule has 0 saturated carbocycles. The Balaban J connectivity index is 1.59. The largest absolute Gasteiger partial charge is 0.480 e. The van der Waals surface area contributed by atoms with E-state index in [-0.39, 0.29) is 5.91 Å². The van der Waals surface area contributed by atoms with E-state index >= 15 is 0 Å². The zero-order valence-electron chi connectivity index (χ0n) is 17.7. The van der Waals surface area contributed by atoms with Gasteiger partial charge in [-0.25, -0.2) is 4.68 Å². The number of carbonyl (C=O) groups is 1. The predicted octanol–water partition coefficient (Wildman–Crippen LogP) is 2.88. The van der Waals surface area contributed by atoms with Gasteiger partial charge in [0, 0.05) is 31.4 Å². The lowest BCUT2D eigenvalue weighted by Crippen LogP contribution is -2.30. The Hall–Kier alpha value is -3.42. The third-order valence-electron chi connectivity index (χ3n) is 4.89. The molecule has 0 radical (unpaired) electrons. The first-order valence-corrected chi connectivity index (χ1v) is 10.2. The Labute approximate surface area is 176 Å². The molecule has 2 aromatic heterocycles. The number of methoxy groups -OCH3 is 1. The first-order chi connectivity index (χ1) is 14.7. The molecule has 158 valence electrons. The maximum absolute atomic E-state index is 12.7. The van der Waals surface area contributed by atoms with Gasteiger partial charge in [0.2, 0.25) is 5.88 Å². The number of hydrogen-bond donors (Lipinski definition) is 1. The van der Waals surface area contributed by atoms with E-state index in [1.54, 1.807) is 23.0 Å². The van der Waals surface area contributed by atoms with Crippen LogP contribution in [0, 0.1) is 0 Å². The van der Waals surface area contributed by atoms with Crippen LogP contribution in [0.25, 0.3) is 5.82 Å². The highest BCUT2D eigenvalue weighted by Gasteiger charge is 2.18. The lowest BCUT2D eigenvalue weighted by Gasteiger charge is -2.23. The fraction of sp³-hybridized carbons (Fsp3) is 0.364. The minimum atomic E-state index is -0.123. The van der Waals surface area contributed by atoms with Gasteiger partial charge in [0.25, 0.3) is 5.91 Å². The van der Waals surface area contributed by atoms with Crippen LogP contribution in [0.15, 0.2) is 48.7 Å². The average molecular weight is 409 g/mol. The number of hydrogen-bond acceptors (Lipinski definition) is 6. The Morgan fingerprint density at radius 2 is 1.93 bits per heavy atom. The molecule has 8 heteroatoms. The third-order valence-corrected chi connectivity index (χ3v) is 4.89. The summed E-state index contributed by atoms with van der Waals surface area (Å²) in [6.07, 6.45) is 3.09. The van der Waals surface area contributed by atoms with Crippen LogP contribution in [0.3, 0.4) is 0 Å². The molecule has 1 amide bonds. The van der Waals surface area contributed by atoms with E-state index in [1.165, 1.54) is 12.8 Å². The molecule has 0 spiro atoms. The summed E-state index contributed by atoms with van der Waals surface area (Å²) in [5.41, 5.74) is 2.55. The summed E-state index contributed by atoms with van der Waals surface area (Å²) in [6.45, 7) is 6.52. The van der Waals surface area contributed by atoms with Gasteiger partial charge in [-0.3, -0.25) is 4.79 Å². The number of amides is 1. The first kappa shape index (κ1) is 21.3. The number of anilines is 1. The van der Waals surface area contributed by atoms with E-state index in [4.69, 9.17) is 4.74 Å². The minimum Gasteiger partial charge on any atom is -0.480 e. The van der Waals surface area contributed by atoms with Crippen molar-refractivity contribution in [2.75, 3.05) is 31.6 Å². The molecule has 1 aromatic carbocycles. The van der Waals surface area contributed by atoms with Gasteiger partial charge in [-0.15, -0.1) is 10.2 Å². The smallest absolute Gasteiger partial charge is 0.254 e. The van der Waals surface area contributed by atoms with E-state index in [0.717, 1.165) is 25.2 Å². The second kappa shape index (κ2) is 10.4. The number of benzene rings is 1. The van der Waals surface area contributed by atoms with E-state index in [2.05, 4.69) is 44.6 Å². The Bertz CT molecular complexity index is 940. The van der Waals surface area contributed by atoms with Crippen molar-refractivity contribution in [3.63, 3.8) is 0 Å². The second-order valence-electron chi connectivity index (χ2n) is 6.73. The van der Waals surface area contributed by atoms with E-state index in [9.17, 15) is 4.79 Å².